The zero-order chi connectivity index (χ0) is 18.1. The van der Waals surface area contributed by atoms with Gasteiger partial charge >= 0.3 is 12.1 Å². The van der Waals surface area contributed by atoms with Crippen molar-refractivity contribution < 1.29 is 32.6 Å². The summed E-state index contributed by atoms with van der Waals surface area (Å²) in [6, 6.07) is 0. The second-order valence-electron chi connectivity index (χ2n) is 6.84. The Labute approximate surface area is 138 Å². The number of carbonyl (C=O) groups is 2. The molecule has 0 spiro atoms. The van der Waals surface area contributed by atoms with Crippen LogP contribution in [0.3, 0.4) is 0 Å². The van der Waals surface area contributed by atoms with E-state index in [0.29, 0.717) is 6.10 Å². The second-order valence-corrected chi connectivity index (χ2v) is 6.84. The van der Waals surface area contributed by atoms with Gasteiger partial charge in [0.1, 0.15) is 0 Å². The molecule has 2 heterocycles. The standard InChI is InChI=1S/C13H22N2O2.C2HF3O2/c1-14(2)13(16)11-5-10-7-15(6-9-3-4-9)8-12(11)17-10;3-2(4,5)1(6)7/h9-12H,3-8H2,1-2H3;(H,6,7). The topological polar surface area (TPSA) is 70.1 Å². The smallest absolute Gasteiger partial charge is 0.475 e. The lowest BCUT2D eigenvalue weighted by Crippen LogP contribution is -2.45. The van der Waals surface area contributed by atoms with Crippen LogP contribution in [0.15, 0.2) is 0 Å². The van der Waals surface area contributed by atoms with Crippen LogP contribution in [0.4, 0.5) is 13.2 Å². The lowest BCUT2D eigenvalue weighted by atomic mass is 9.99. The Morgan fingerprint density at radius 2 is 1.83 bits per heavy atom. The van der Waals surface area contributed by atoms with Gasteiger partial charge in [-0.2, -0.15) is 13.2 Å². The molecule has 1 saturated carbocycles. The van der Waals surface area contributed by atoms with Gasteiger partial charge in [0.05, 0.1) is 18.1 Å². The number of halogens is 3. The Morgan fingerprint density at radius 3 is 2.29 bits per heavy atom. The second kappa shape index (κ2) is 7.26. The van der Waals surface area contributed by atoms with Crippen molar-refractivity contribution in [3.8, 4) is 0 Å². The zero-order valence-electron chi connectivity index (χ0n) is 13.8. The molecule has 3 aliphatic rings. The van der Waals surface area contributed by atoms with Crippen LogP contribution in [0.1, 0.15) is 19.3 Å². The normalized spacial score (nSPS) is 29.6. The van der Waals surface area contributed by atoms with E-state index in [9.17, 15) is 18.0 Å². The highest BCUT2D eigenvalue weighted by Crippen LogP contribution is 2.36. The van der Waals surface area contributed by atoms with Crippen molar-refractivity contribution in [1.82, 2.24) is 9.80 Å². The third-order valence-corrected chi connectivity index (χ3v) is 4.45. The number of likely N-dealkylation sites (tertiary alicyclic amines) is 1. The van der Waals surface area contributed by atoms with E-state index in [1.54, 1.807) is 4.90 Å². The fraction of sp³-hybridized carbons (Fsp3) is 0.867. The zero-order valence-corrected chi connectivity index (χ0v) is 13.8. The Balaban J connectivity index is 0.000000256. The predicted molar refractivity (Wildman–Crippen MR) is 78.3 cm³/mol. The van der Waals surface area contributed by atoms with Gasteiger partial charge in [-0.25, -0.2) is 4.79 Å². The number of fused-ring (bicyclic) bond motifs is 2. The van der Waals surface area contributed by atoms with E-state index in [4.69, 9.17) is 14.6 Å². The SMILES string of the molecule is CN(C)C(=O)C1CC2CN(CC3CC3)CC1O2.O=C(O)C(F)(F)F. The minimum absolute atomic E-state index is 0.0965. The van der Waals surface area contributed by atoms with Gasteiger partial charge in [-0.3, -0.25) is 9.69 Å². The molecule has 6 nitrogen and oxygen atoms in total. The molecule has 1 N–H and O–H groups in total. The minimum Gasteiger partial charge on any atom is -0.475 e. The Bertz CT molecular complexity index is 480. The van der Waals surface area contributed by atoms with E-state index >= 15 is 0 Å². The van der Waals surface area contributed by atoms with Gasteiger partial charge in [0.2, 0.25) is 5.91 Å². The Hall–Kier alpha value is -1.35. The van der Waals surface area contributed by atoms with Crippen molar-refractivity contribution >= 4 is 11.9 Å². The number of ether oxygens (including phenoxy) is 1. The molecule has 3 rings (SSSR count). The number of amides is 1. The van der Waals surface area contributed by atoms with Gasteiger partial charge in [-0.05, 0) is 25.2 Å². The monoisotopic (exact) mass is 352 g/mol. The number of rotatable bonds is 3. The first-order chi connectivity index (χ1) is 11.1. The van der Waals surface area contributed by atoms with Crippen molar-refractivity contribution in [1.29, 1.82) is 0 Å². The summed E-state index contributed by atoms with van der Waals surface area (Å²) in [6.07, 6.45) is -0.939. The molecule has 0 radical (unpaired) electrons. The van der Waals surface area contributed by atoms with Gasteiger partial charge in [-0.1, -0.05) is 0 Å². The Morgan fingerprint density at radius 1 is 1.25 bits per heavy atom. The van der Waals surface area contributed by atoms with Crippen LogP contribution in [0.25, 0.3) is 0 Å². The van der Waals surface area contributed by atoms with Crippen molar-refractivity contribution in [2.45, 2.75) is 37.6 Å². The summed E-state index contributed by atoms with van der Waals surface area (Å²) in [4.78, 5) is 25.2. The van der Waals surface area contributed by atoms with Crippen molar-refractivity contribution in [3.63, 3.8) is 0 Å². The predicted octanol–water partition coefficient (Wildman–Crippen LogP) is 1.21. The third-order valence-electron chi connectivity index (χ3n) is 4.45. The molecule has 1 aliphatic carbocycles. The first-order valence-electron chi connectivity index (χ1n) is 7.97. The number of aliphatic carboxylic acids is 1. The molecule has 1 amide bonds. The fourth-order valence-electron chi connectivity index (χ4n) is 3.14. The van der Waals surface area contributed by atoms with Gasteiger partial charge in [0.15, 0.2) is 0 Å². The molecule has 24 heavy (non-hydrogen) atoms. The lowest BCUT2D eigenvalue weighted by molar-refractivity contribution is -0.192. The van der Waals surface area contributed by atoms with E-state index in [1.807, 2.05) is 14.1 Å². The highest BCUT2D eigenvalue weighted by Gasteiger charge is 2.45. The molecule has 2 aliphatic heterocycles. The fourth-order valence-corrected chi connectivity index (χ4v) is 3.14. The average Bonchev–Trinajstić information content (AvgIpc) is 3.22. The molecule has 0 aromatic carbocycles. The van der Waals surface area contributed by atoms with Crippen LogP contribution < -0.4 is 0 Å². The molecule has 138 valence electrons. The van der Waals surface area contributed by atoms with Crippen LogP contribution in [-0.4, -0.2) is 78.9 Å². The summed E-state index contributed by atoms with van der Waals surface area (Å²) in [6.45, 7) is 3.21. The highest BCUT2D eigenvalue weighted by atomic mass is 19.4. The Kier molecular flexibility index (Phi) is 5.74. The number of hydrogen-bond acceptors (Lipinski definition) is 4. The summed E-state index contributed by atoms with van der Waals surface area (Å²) in [5, 5.41) is 7.12. The van der Waals surface area contributed by atoms with Crippen LogP contribution in [0.5, 0.6) is 0 Å². The minimum atomic E-state index is -5.08. The summed E-state index contributed by atoms with van der Waals surface area (Å²) in [7, 11) is 3.68. The highest BCUT2D eigenvalue weighted by molar-refractivity contribution is 5.79. The number of morpholine rings is 1. The summed E-state index contributed by atoms with van der Waals surface area (Å²) < 4.78 is 37.7. The molecule has 0 aromatic heterocycles. The van der Waals surface area contributed by atoms with E-state index in [0.717, 1.165) is 25.4 Å². The molecule has 3 atom stereocenters. The molecular weight excluding hydrogens is 329 g/mol. The molecule has 0 aromatic rings. The molecule has 3 fully saturated rings. The maximum atomic E-state index is 12.1. The summed E-state index contributed by atoms with van der Waals surface area (Å²) >= 11 is 0. The van der Waals surface area contributed by atoms with E-state index < -0.39 is 12.1 Å². The largest absolute Gasteiger partial charge is 0.490 e. The first kappa shape index (κ1) is 19.0. The number of carboxylic acid groups (broad SMARTS) is 1. The maximum Gasteiger partial charge on any atom is 0.490 e. The first-order valence-corrected chi connectivity index (χ1v) is 7.97. The summed E-state index contributed by atoms with van der Waals surface area (Å²) in [5.41, 5.74) is 0. The van der Waals surface area contributed by atoms with E-state index in [-0.39, 0.29) is 17.9 Å². The number of alkyl halides is 3. The van der Waals surface area contributed by atoms with Crippen LogP contribution in [0.2, 0.25) is 0 Å². The molecule has 2 saturated heterocycles. The van der Waals surface area contributed by atoms with E-state index in [2.05, 4.69) is 4.90 Å². The molecule has 2 bridgehead atoms. The van der Waals surface area contributed by atoms with Crippen LogP contribution in [-0.2, 0) is 14.3 Å². The number of nitrogens with zero attached hydrogens (tertiary/aromatic N) is 2. The van der Waals surface area contributed by atoms with Crippen LogP contribution >= 0.6 is 0 Å². The average molecular weight is 352 g/mol. The van der Waals surface area contributed by atoms with Gasteiger partial charge < -0.3 is 14.7 Å². The molecule has 3 unspecified atom stereocenters. The van der Waals surface area contributed by atoms with Crippen molar-refractivity contribution in [2.75, 3.05) is 33.7 Å². The summed E-state index contributed by atoms with van der Waals surface area (Å²) in [5.74, 6) is -1.49. The number of hydrogen-bond donors (Lipinski definition) is 1. The number of carboxylic acids is 1. The lowest BCUT2D eigenvalue weighted by Gasteiger charge is -2.33. The number of carbonyl (C=O) groups excluding carboxylic acids is 1. The molecule has 9 heteroatoms. The van der Waals surface area contributed by atoms with Crippen molar-refractivity contribution in [3.05, 3.63) is 0 Å². The van der Waals surface area contributed by atoms with Gasteiger partial charge in [0, 0.05) is 33.7 Å². The van der Waals surface area contributed by atoms with E-state index in [1.165, 1.54) is 19.4 Å². The molecular formula is C15H23F3N2O4. The van der Waals surface area contributed by atoms with Gasteiger partial charge in [-0.15, -0.1) is 0 Å². The third kappa shape index (κ3) is 5.07. The van der Waals surface area contributed by atoms with Crippen LogP contribution in [0, 0.1) is 11.8 Å². The maximum absolute atomic E-state index is 12.1. The van der Waals surface area contributed by atoms with Crippen molar-refractivity contribution in [2.24, 2.45) is 11.8 Å². The quantitative estimate of drug-likeness (QED) is 0.827. The van der Waals surface area contributed by atoms with Gasteiger partial charge in [0.25, 0.3) is 0 Å².